The number of aliphatic hydroxyl groups is 1. The Balaban J connectivity index is 2.33. The molecule has 1 heterocycles. The van der Waals surface area contributed by atoms with E-state index in [4.69, 9.17) is 4.42 Å². The number of hydrogen-bond donors (Lipinski definition) is 6. The molecular formula is C35H56N6O8S. The number of nitrogens with zero attached hydrogens (tertiary/aromatic N) is 1. The van der Waals surface area contributed by atoms with Gasteiger partial charge in [0.05, 0.1) is 29.6 Å². The van der Waals surface area contributed by atoms with Gasteiger partial charge in [-0.25, -0.2) is 13.4 Å². The van der Waals surface area contributed by atoms with E-state index in [0.717, 1.165) is 0 Å². The molecule has 4 amide bonds. The normalized spacial score (nSPS) is 14.9. The zero-order valence-electron chi connectivity index (χ0n) is 31.1. The Labute approximate surface area is 296 Å². The second-order valence-electron chi connectivity index (χ2n) is 14.0. The Kier molecular flexibility index (Phi) is 15.5. The maximum atomic E-state index is 13.7. The number of anilines is 1. The number of benzene rings is 1. The van der Waals surface area contributed by atoms with Gasteiger partial charge >= 0.3 is 0 Å². The third-order valence-electron chi connectivity index (χ3n) is 8.03. The molecule has 5 atom stereocenters. The Bertz CT molecular complexity index is 1600. The van der Waals surface area contributed by atoms with Gasteiger partial charge in [-0.1, -0.05) is 34.6 Å². The van der Waals surface area contributed by atoms with Gasteiger partial charge in [0.1, 0.15) is 17.5 Å². The summed E-state index contributed by atoms with van der Waals surface area (Å²) >= 11 is 0. The second-order valence-corrected chi connectivity index (χ2v) is 16.0. The molecule has 0 aliphatic heterocycles. The molecule has 0 fully saturated rings. The zero-order chi connectivity index (χ0) is 38.1. The van der Waals surface area contributed by atoms with Crippen molar-refractivity contribution in [3.05, 3.63) is 46.7 Å². The first-order valence-electron chi connectivity index (χ1n) is 17.1. The first-order valence-corrected chi connectivity index (χ1v) is 18.8. The summed E-state index contributed by atoms with van der Waals surface area (Å²) in [6, 6.07) is 1.77. The van der Waals surface area contributed by atoms with Gasteiger partial charge in [-0.2, -0.15) is 0 Å². The van der Waals surface area contributed by atoms with Crippen molar-refractivity contribution in [2.45, 2.75) is 119 Å². The van der Waals surface area contributed by atoms with Gasteiger partial charge in [0.15, 0.2) is 5.89 Å². The summed E-state index contributed by atoms with van der Waals surface area (Å²) in [7, 11) is -3.76. The summed E-state index contributed by atoms with van der Waals surface area (Å²) in [6.45, 7) is 19.4. The number of aryl methyl sites for hydroxylation is 2. The molecule has 280 valence electrons. The second kappa shape index (κ2) is 18.3. The number of nitrogens with one attached hydrogen (secondary N) is 5. The van der Waals surface area contributed by atoms with Gasteiger partial charge in [-0.3, -0.25) is 23.9 Å². The van der Waals surface area contributed by atoms with Gasteiger partial charge in [0.2, 0.25) is 21.8 Å². The number of oxazole rings is 1. The Morgan fingerprint density at radius 2 is 1.40 bits per heavy atom. The third kappa shape index (κ3) is 12.7. The molecule has 0 spiro atoms. The first kappa shape index (κ1) is 42.2. The van der Waals surface area contributed by atoms with Gasteiger partial charge < -0.3 is 30.8 Å². The van der Waals surface area contributed by atoms with Crippen molar-refractivity contribution in [3.8, 4) is 0 Å². The molecule has 15 heteroatoms. The first-order chi connectivity index (χ1) is 23.1. The van der Waals surface area contributed by atoms with Crippen LogP contribution in [0.1, 0.15) is 119 Å². The lowest BCUT2D eigenvalue weighted by Gasteiger charge is -2.29. The van der Waals surface area contributed by atoms with Crippen LogP contribution in [0.2, 0.25) is 0 Å². The van der Waals surface area contributed by atoms with E-state index in [9.17, 15) is 32.7 Å². The molecule has 0 radical (unpaired) electrons. The SMILES string of the molecule is CCS(=O)(=O)Nc1cc(C(=O)NC(C)c2nc(C)oc2C)cc(C(=O)NC(CC(C)C)C(O)CC(C)C(=O)NC(C(=O)NC(C)C)C(C)C)c1. The lowest BCUT2D eigenvalue weighted by molar-refractivity contribution is -0.132. The van der Waals surface area contributed by atoms with E-state index in [1.807, 2.05) is 41.5 Å². The quantitative estimate of drug-likeness (QED) is 0.132. The fraction of sp³-hybridized carbons (Fsp3) is 0.629. The van der Waals surface area contributed by atoms with Crippen LogP contribution < -0.4 is 26.0 Å². The van der Waals surface area contributed by atoms with Crippen molar-refractivity contribution in [1.82, 2.24) is 26.3 Å². The van der Waals surface area contributed by atoms with Crippen LogP contribution in [0.4, 0.5) is 5.69 Å². The molecule has 1 aromatic heterocycles. The van der Waals surface area contributed by atoms with Gasteiger partial charge in [-0.15, -0.1) is 0 Å². The summed E-state index contributed by atoms with van der Waals surface area (Å²) in [4.78, 5) is 57.3. The molecule has 2 rings (SSSR count). The van der Waals surface area contributed by atoms with E-state index in [1.54, 1.807) is 27.7 Å². The Morgan fingerprint density at radius 1 is 0.820 bits per heavy atom. The predicted octanol–water partition coefficient (Wildman–Crippen LogP) is 3.74. The summed E-state index contributed by atoms with van der Waals surface area (Å²) in [5.74, 6) is -2.03. The maximum Gasteiger partial charge on any atom is 0.251 e. The van der Waals surface area contributed by atoms with Crippen LogP contribution >= 0.6 is 0 Å². The van der Waals surface area contributed by atoms with Crippen molar-refractivity contribution in [3.63, 3.8) is 0 Å². The summed E-state index contributed by atoms with van der Waals surface area (Å²) in [6.07, 6.45) is -0.803. The van der Waals surface area contributed by atoms with Crippen LogP contribution in [-0.2, 0) is 19.6 Å². The minimum Gasteiger partial charge on any atom is -0.446 e. The van der Waals surface area contributed by atoms with E-state index >= 15 is 0 Å². The van der Waals surface area contributed by atoms with E-state index in [0.29, 0.717) is 23.8 Å². The Hall–Kier alpha value is -3.98. The van der Waals surface area contributed by atoms with Crippen molar-refractivity contribution in [2.24, 2.45) is 17.8 Å². The minimum atomic E-state index is -3.76. The molecule has 50 heavy (non-hydrogen) atoms. The summed E-state index contributed by atoms with van der Waals surface area (Å²) in [5.41, 5.74) is 0.542. The number of sulfonamides is 1. The van der Waals surface area contributed by atoms with Crippen LogP contribution in [0.3, 0.4) is 0 Å². The number of aromatic nitrogens is 1. The van der Waals surface area contributed by atoms with Crippen molar-refractivity contribution in [1.29, 1.82) is 0 Å². The standard InChI is InChI=1S/C35H56N6O8S/c1-12-50(47,48)41-27-16-25(33(44)37-22(9)31-23(10)49-24(11)38-31)15-26(17-27)34(45)39-28(13-18(2)3)29(42)14-21(8)32(43)40-30(19(4)5)35(46)36-20(6)7/h15-22,28-30,41-42H,12-14H2,1-11H3,(H,36,46)(H,37,44)(H,39,45)(H,40,43). The molecule has 0 saturated carbocycles. The number of rotatable bonds is 18. The van der Waals surface area contributed by atoms with Gasteiger partial charge in [0.25, 0.3) is 11.8 Å². The topological polar surface area (TPSA) is 209 Å². The molecule has 6 N–H and O–H groups in total. The highest BCUT2D eigenvalue weighted by atomic mass is 32.2. The molecule has 0 bridgehead atoms. The zero-order valence-corrected chi connectivity index (χ0v) is 31.9. The highest BCUT2D eigenvalue weighted by Gasteiger charge is 2.31. The van der Waals surface area contributed by atoms with Gasteiger partial charge in [-0.05, 0) is 77.5 Å². The smallest absolute Gasteiger partial charge is 0.251 e. The van der Waals surface area contributed by atoms with Crippen LogP contribution in [0.25, 0.3) is 0 Å². The van der Waals surface area contributed by atoms with Crippen molar-refractivity contribution in [2.75, 3.05) is 10.5 Å². The highest BCUT2D eigenvalue weighted by molar-refractivity contribution is 7.92. The highest BCUT2D eigenvalue weighted by Crippen LogP contribution is 2.22. The molecule has 1 aromatic carbocycles. The lowest BCUT2D eigenvalue weighted by atomic mass is 9.91. The van der Waals surface area contributed by atoms with Crippen LogP contribution in [0.15, 0.2) is 22.6 Å². The molecule has 5 unspecified atom stereocenters. The lowest BCUT2D eigenvalue weighted by Crippen LogP contribution is -2.53. The van der Waals surface area contributed by atoms with E-state index in [2.05, 4.69) is 31.0 Å². The predicted molar refractivity (Wildman–Crippen MR) is 192 cm³/mol. The molecule has 14 nitrogen and oxygen atoms in total. The molecule has 2 aromatic rings. The molecular weight excluding hydrogens is 664 g/mol. The van der Waals surface area contributed by atoms with Crippen molar-refractivity contribution < 1.29 is 37.1 Å². The Morgan fingerprint density at radius 3 is 1.88 bits per heavy atom. The molecule has 0 aliphatic rings. The number of carbonyl (C=O) groups excluding carboxylic acids is 4. The van der Waals surface area contributed by atoms with E-state index < -0.39 is 57.9 Å². The van der Waals surface area contributed by atoms with Crippen LogP contribution in [0, 0.1) is 31.6 Å². The van der Waals surface area contributed by atoms with Gasteiger partial charge in [0, 0.05) is 30.0 Å². The number of aliphatic hydroxyl groups excluding tert-OH is 1. The number of amides is 4. The summed E-state index contributed by atoms with van der Waals surface area (Å²) < 4.78 is 32.8. The van der Waals surface area contributed by atoms with Crippen LogP contribution in [-0.4, -0.2) is 72.1 Å². The van der Waals surface area contributed by atoms with E-state index in [1.165, 1.54) is 25.1 Å². The summed E-state index contributed by atoms with van der Waals surface area (Å²) in [5, 5.41) is 22.6. The van der Waals surface area contributed by atoms with E-state index in [-0.39, 0.29) is 52.8 Å². The minimum absolute atomic E-state index is 0.0110. The monoisotopic (exact) mass is 720 g/mol. The molecule has 0 saturated heterocycles. The largest absolute Gasteiger partial charge is 0.446 e. The average molecular weight is 721 g/mol. The fourth-order valence-electron chi connectivity index (χ4n) is 5.41. The number of hydrogen-bond acceptors (Lipinski definition) is 9. The average Bonchev–Trinajstić information content (AvgIpc) is 3.35. The maximum absolute atomic E-state index is 13.7. The number of carbonyl (C=O) groups is 4. The fourth-order valence-corrected chi connectivity index (χ4v) is 6.03. The van der Waals surface area contributed by atoms with Crippen LogP contribution in [0.5, 0.6) is 0 Å². The third-order valence-corrected chi connectivity index (χ3v) is 9.34. The van der Waals surface area contributed by atoms with Crippen molar-refractivity contribution >= 4 is 39.3 Å². The molecule has 0 aliphatic carbocycles.